The Morgan fingerprint density at radius 1 is 0.600 bits per heavy atom. The molecule has 4 saturated carbocycles. The van der Waals surface area contributed by atoms with Crippen molar-refractivity contribution < 1.29 is 109 Å². The van der Waals surface area contributed by atoms with Crippen LogP contribution in [-0.4, -0.2) is 221 Å². The molecule has 13 N–H and O–H groups in total. The van der Waals surface area contributed by atoms with E-state index in [-0.39, 0.29) is 49.7 Å². The predicted octanol–water partition coefficient (Wildman–Crippen LogP) is -1.40. The number of allylic oxidation sites excluding steroid dienone is 2. The smallest absolute Gasteiger partial charge is 0.317 e. The highest BCUT2D eigenvalue weighted by Gasteiger charge is 2.73. The van der Waals surface area contributed by atoms with Gasteiger partial charge in [0.25, 0.3) is 0 Å². The maximum Gasteiger partial charge on any atom is 0.317 e. The zero-order valence-corrected chi connectivity index (χ0v) is 44.6. The number of hydrogen-bond donors (Lipinski definition) is 13. The molecule has 9 rings (SSSR count). The fraction of sp³-hybridized carbons (Fsp3) is 0.943. The summed E-state index contributed by atoms with van der Waals surface area (Å²) in [4.78, 5) is 15.4. The summed E-state index contributed by atoms with van der Waals surface area (Å²) in [6.45, 7) is 16.4. The van der Waals surface area contributed by atoms with Gasteiger partial charge in [-0.3, -0.25) is 4.79 Å². The number of rotatable bonds is 9. The molecule has 0 bridgehead atoms. The standard InChI is InChI=1S/C53H86O22/c1-21-31(58)34(61)38(65)45(69-21)74-42-26(55)17-49(6)28(50(42,7)20-54)12-13-51(8)29(49)11-10-24-25-16-48(4,5)14-15-53(25,30(57)18-52(24,51)9)47(67)75-46-41(35(62)32(59)22(2)70-46)73-44-39(66)36(63)40(23(3)71-44)72-43-37(64)33(60)27(56)19-68-43/h10,21-23,25-46,54-66H,11-20H2,1-9H3/t21-,22+,23-,25-,26-,27+,28+,29+,30+,31-,32-,33-,34+,35-,36-,37+,38+,39+,40-,41+,42+,43-,44-,45-,46-,49-,50-,51+,52+,53+/m0/s1. The lowest BCUT2D eigenvalue weighted by Crippen LogP contribution is -2.70. The summed E-state index contributed by atoms with van der Waals surface area (Å²) >= 11 is 0. The zero-order valence-electron chi connectivity index (χ0n) is 44.6. The topological polar surface area (TPSA) is 354 Å². The van der Waals surface area contributed by atoms with Crippen LogP contribution in [0.3, 0.4) is 0 Å². The monoisotopic (exact) mass is 1070 g/mol. The fourth-order valence-corrected chi connectivity index (χ4v) is 16.3. The van der Waals surface area contributed by atoms with Gasteiger partial charge in [-0.1, -0.05) is 53.2 Å². The molecule has 0 radical (unpaired) electrons. The van der Waals surface area contributed by atoms with Gasteiger partial charge in [-0.2, -0.15) is 0 Å². The van der Waals surface area contributed by atoms with Crippen LogP contribution in [0.25, 0.3) is 0 Å². The number of carbonyl (C=O) groups is 1. The predicted molar refractivity (Wildman–Crippen MR) is 257 cm³/mol. The van der Waals surface area contributed by atoms with Gasteiger partial charge in [0.1, 0.15) is 72.6 Å². The molecule has 0 aromatic heterocycles. The lowest BCUT2D eigenvalue weighted by molar-refractivity contribution is -0.373. The van der Waals surface area contributed by atoms with Crippen LogP contribution in [0.1, 0.15) is 114 Å². The number of aliphatic hydroxyl groups excluding tert-OH is 13. The Balaban J connectivity index is 0.973. The molecule has 30 atom stereocenters. The average molecular weight is 1080 g/mol. The van der Waals surface area contributed by atoms with Gasteiger partial charge in [0, 0.05) is 5.41 Å². The molecule has 9 aliphatic rings. The molecule has 4 saturated heterocycles. The Hall–Kier alpha value is -1.59. The normalized spacial score (nSPS) is 56.8. The highest BCUT2D eigenvalue weighted by molar-refractivity contribution is 5.80. The van der Waals surface area contributed by atoms with E-state index in [1.165, 1.54) is 13.8 Å². The van der Waals surface area contributed by atoms with E-state index < -0.39 is 174 Å². The van der Waals surface area contributed by atoms with E-state index in [1.807, 2.05) is 6.92 Å². The Labute approximate surface area is 437 Å². The molecule has 22 heteroatoms. The highest BCUT2D eigenvalue weighted by atomic mass is 16.8. The average Bonchev–Trinajstić information content (AvgIpc) is 3.34. The van der Waals surface area contributed by atoms with Crippen molar-refractivity contribution in [2.75, 3.05) is 13.2 Å². The fourth-order valence-electron chi connectivity index (χ4n) is 16.3. The van der Waals surface area contributed by atoms with Gasteiger partial charge in [-0.05, 0) is 112 Å². The first-order valence-corrected chi connectivity index (χ1v) is 27.2. The van der Waals surface area contributed by atoms with Crippen molar-refractivity contribution in [3.8, 4) is 0 Å². The SMILES string of the molecule is C[C@@H]1O[C@@H](O[C@@H]2[C@@H](O)C[C@@]3(C)[C@@H](CC[C@]4(C)[C@@H]3CC=C3[C@@H]5CC(C)(C)CC[C@]5(C(=O)O[C@@H]5O[C@H](C)[C@H](O)[C@H](O)[C@H]5O[C@@H]5O[C@@H](C)[C@H](O[C@@H]6OC[C@@H](O)[C@H](O)[C@H]6O)[C@@H](O)[C@H]5O)[C@H](O)C[C@]34C)[C@]2(C)CO)[C@H](O)[C@H](O)[C@H]1O. The third-order valence-electron chi connectivity index (χ3n) is 21.0. The third kappa shape index (κ3) is 9.12. The van der Waals surface area contributed by atoms with Crippen LogP contribution in [0, 0.1) is 50.2 Å². The van der Waals surface area contributed by atoms with Crippen LogP contribution in [-0.2, 0) is 42.7 Å². The van der Waals surface area contributed by atoms with Crippen molar-refractivity contribution >= 4 is 5.97 Å². The minimum absolute atomic E-state index is 0.0896. The Kier molecular flexibility index (Phi) is 15.8. The molecule has 0 aromatic carbocycles. The van der Waals surface area contributed by atoms with Gasteiger partial charge in [-0.25, -0.2) is 0 Å². The molecular weight excluding hydrogens is 989 g/mol. The largest absolute Gasteiger partial charge is 0.432 e. The second-order valence-electron chi connectivity index (χ2n) is 25.9. The molecule has 22 nitrogen and oxygen atoms in total. The lowest BCUT2D eigenvalue weighted by Gasteiger charge is -2.72. The molecular formula is C53H86O22. The first-order valence-electron chi connectivity index (χ1n) is 27.2. The van der Waals surface area contributed by atoms with Crippen LogP contribution in [0.2, 0.25) is 0 Å². The molecule has 4 aliphatic heterocycles. The lowest BCUT2D eigenvalue weighted by atomic mass is 9.33. The van der Waals surface area contributed by atoms with Crippen molar-refractivity contribution in [3.63, 3.8) is 0 Å². The minimum atomic E-state index is -1.89. The van der Waals surface area contributed by atoms with E-state index in [0.717, 1.165) is 5.57 Å². The number of carbonyl (C=O) groups excluding carboxylic acids is 1. The molecule has 8 fully saturated rings. The van der Waals surface area contributed by atoms with Crippen molar-refractivity contribution in [1.82, 2.24) is 0 Å². The van der Waals surface area contributed by atoms with Gasteiger partial charge in [0.05, 0.1) is 49.8 Å². The highest BCUT2D eigenvalue weighted by Crippen LogP contribution is 2.76. The minimum Gasteiger partial charge on any atom is -0.432 e. The number of fused-ring (bicyclic) bond motifs is 7. The quantitative estimate of drug-likeness (QED) is 0.0717. The molecule has 0 spiro atoms. The second kappa shape index (κ2) is 20.4. The van der Waals surface area contributed by atoms with E-state index in [0.29, 0.717) is 32.1 Å². The van der Waals surface area contributed by atoms with Gasteiger partial charge >= 0.3 is 5.97 Å². The van der Waals surface area contributed by atoms with E-state index in [1.54, 1.807) is 6.92 Å². The summed E-state index contributed by atoms with van der Waals surface area (Å²) in [5.41, 5.74) is -3.61. The zero-order chi connectivity index (χ0) is 55.0. The number of hydrogen-bond acceptors (Lipinski definition) is 22. The van der Waals surface area contributed by atoms with Crippen LogP contribution < -0.4 is 0 Å². The molecule has 4 heterocycles. The third-order valence-corrected chi connectivity index (χ3v) is 21.0. The van der Waals surface area contributed by atoms with Crippen molar-refractivity contribution in [1.29, 1.82) is 0 Å². The van der Waals surface area contributed by atoms with Gasteiger partial charge in [-0.15, -0.1) is 0 Å². The van der Waals surface area contributed by atoms with Gasteiger partial charge in [0.15, 0.2) is 25.0 Å². The molecule has 0 aromatic rings. The van der Waals surface area contributed by atoms with Crippen LogP contribution in [0.15, 0.2) is 11.6 Å². The Morgan fingerprint density at radius 3 is 1.84 bits per heavy atom. The number of aliphatic hydroxyl groups is 13. The molecule has 0 unspecified atom stereocenters. The van der Waals surface area contributed by atoms with Crippen molar-refractivity contribution in [2.45, 2.75) is 249 Å². The first-order chi connectivity index (χ1) is 34.9. The Bertz CT molecular complexity index is 2100. The first kappa shape index (κ1) is 58.1. The summed E-state index contributed by atoms with van der Waals surface area (Å²) < 4.78 is 47.7. The van der Waals surface area contributed by atoms with Crippen LogP contribution in [0.4, 0.5) is 0 Å². The molecule has 5 aliphatic carbocycles. The molecule has 0 amide bonds. The summed E-state index contributed by atoms with van der Waals surface area (Å²) in [5, 5.41) is 144. The van der Waals surface area contributed by atoms with Crippen molar-refractivity contribution in [3.05, 3.63) is 11.6 Å². The van der Waals surface area contributed by atoms with Gasteiger partial charge < -0.3 is 104 Å². The van der Waals surface area contributed by atoms with E-state index in [9.17, 15) is 66.4 Å². The van der Waals surface area contributed by atoms with E-state index in [2.05, 4.69) is 40.7 Å². The van der Waals surface area contributed by atoms with E-state index >= 15 is 4.79 Å². The Morgan fingerprint density at radius 2 is 1.17 bits per heavy atom. The maximum absolute atomic E-state index is 15.4. The maximum atomic E-state index is 15.4. The number of esters is 1. The summed E-state index contributed by atoms with van der Waals surface area (Å²) in [6, 6.07) is 0. The van der Waals surface area contributed by atoms with Gasteiger partial charge in [0.2, 0.25) is 6.29 Å². The molecule has 75 heavy (non-hydrogen) atoms. The summed E-state index contributed by atoms with van der Waals surface area (Å²) in [6.07, 6.45) is -26.3. The van der Waals surface area contributed by atoms with Crippen LogP contribution >= 0.6 is 0 Å². The summed E-state index contributed by atoms with van der Waals surface area (Å²) in [7, 11) is 0. The number of ether oxygens (including phenoxy) is 8. The molecule has 430 valence electrons. The van der Waals surface area contributed by atoms with Crippen molar-refractivity contribution in [2.24, 2.45) is 50.2 Å². The summed E-state index contributed by atoms with van der Waals surface area (Å²) in [5.74, 6) is -1.63. The second-order valence-corrected chi connectivity index (χ2v) is 25.9. The van der Waals surface area contributed by atoms with E-state index in [4.69, 9.17) is 37.9 Å². The van der Waals surface area contributed by atoms with Crippen LogP contribution in [0.5, 0.6) is 0 Å².